The number of carbonyl (C=O) groups is 1. The molecule has 0 spiro atoms. The van der Waals surface area contributed by atoms with Crippen LogP contribution in [0.15, 0.2) is 42.6 Å². The quantitative estimate of drug-likeness (QED) is 0.545. The van der Waals surface area contributed by atoms with Gasteiger partial charge < -0.3 is 9.64 Å². The van der Waals surface area contributed by atoms with Gasteiger partial charge in [-0.15, -0.1) is 11.8 Å². The van der Waals surface area contributed by atoms with Crippen molar-refractivity contribution in [3.05, 3.63) is 48.2 Å². The van der Waals surface area contributed by atoms with E-state index in [0.717, 1.165) is 24.6 Å². The van der Waals surface area contributed by atoms with Gasteiger partial charge in [0.05, 0.1) is 27.3 Å². The first-order valence-electron chi connectivity index (χ1n) is 8.98. The van der Waals surface area contributed by atoms with E-state index in [1.165, 1.54) is 0 Å². The Morgan fingerprint density at radius 2 is 1.96 bits per heavy atom. The SMILES string of the molecule is C[Si](C)(C)CC#CCCN1C=CC(=O)CC1COCc1ccccc1. The minimum Gasteiger partial charge on any atom is -0.375 e. The molecule has 3 nitrogen and oxygen atoms in total. The van der Waals surface area contributed by atoms with E-state index >= 15 is 0 Å². The molecule has 0 N–H and O–H groups in total. The number of ether oxygens (including phenoxy) is 1. The number of ketones is 1. The van der Waals surface area contributed by atoms with Gasteiger partial charge >= 0.3 is 0 Å². The van der Waals surface area contributed by atoms with E-state index in [1.54, 1.807) is 6.08 Å². The Hall–Kier alpha value is -1.83. The maximum Gasteiger partial charge on any atom is 0.159 e. The van der Waals surface area contributed by atoms with E-state index < -0.39 is 8.07 Å². The van der Waals surface area contributed by atoms with Crippen LogP contribution in [0.2, 0.25) is 25.7 Å². The van der Waals surface area contributed by atoms with Crippen LogP contribution in [0.1, 0.15) is 18.4 Å². The van der Waals surface area contributed by atoms with E-state index in [-0.39, 0.29) is 11.8 Å². The van der Waals surface area contributed by atoms with E-state index in [9.17, 15) is 4.79 Å². The van der Waals surface area contributed by atoms with Gasteiger partial charge in [0.1, 0.15) is 0 Å². The number of carbonyl (C=O) groups excluding carboxylic acids is 1. The molecule has 0 bridgehead atoms. The average molecular weight is 356 g/mol. The molecule has 25 heavy (non-hydrogen) atoms. The molecule has 0 saturated carbocycles. The van der Waals surface area contributed by atoms with Crippen molar-refractivity contribution in [2.45, 2.75) is 51.2 Å². The number of rotatable bonds is 7. The van der Waals surface area contributed by atoms with Crippen molar-refractivity contribution in [2.24, 2.45) is 0 Å². The molecule has 1 unspecified atom stereocenters. The Bertz CT molecular complexity index is 637. The van der Waals surface area contributed by atoms with Crippen molar-refractivity contribution in [1.82, 2.24) is 4.90 Å². The first-order valence-corrected chi connectivity index (χ1v) is 12.7. The highest BCUT2D eigenvalue weighted by molar-refractivity contribution is 6.76. The minimum absolute atomic E-state index is 0.111. The van der Waals surface area contributed by atoms with Crippen LogP contribution in [0, 0.1) is 11.8 Å². The molecule has 1 aliphatic rings. The third-order valence-electron chi connectivity index (χ3n) is 4.02. The smallest absolute Gasteiger partial charge is 0.159 e. The van der Waals surface area contributed by atoms with Gasteiger partial charge in [0.15, 0.2) is 5.78 Å². The van der Waals surface area contributed by atoms with E-state index in [4.69, 9.17) is 4.74 Å². The highest BCUT2D eigenvalue weighted by atomic mass is 28.3. The summed E-state index contributed by atoms with van der Waals surface area (Å²) in [6, 6.07) is 11.3. The van der Waals surface area contributed by atoms with Crippen LogP contribution in [0.5, 0.6) is 0 Å². The molecular weight excluding hydrogens is 326 g/mol. The van der Waals surface area contributed by atoms with Gasteiger partial charge in [-0.25, -0.2) is 0 Å². The molecule has 0 saturated heterocycles. The van der Waals surface area contributed by atoms with Crippen molar-refractivity contribution < 1.29 is 9.53 Å². The summed E-state index contributed by atoms with van der Waals surface area (Å²) in [4.78, 5) is 14.0. The summed E-state index contributed by atoms with van der Waals surface area (Å²) < 4.78 is 5.85. The highest BCUT2D eigenvalue weighted by Gasteiger charge is 2.22. The summed E-state index contributed by atoms with van der Waals surface area (Å²) >= 11 is 0. The molecule has 2 rings (SSSR count). The van der Waals surface area contributed by atoms with Crippen molar-refractivity contribution >= 4 is 13.9 Å². The lowest BCUT2D eigenvalue weighted by Crippen LogP contribution is -2.39. The van der Waals surface area contributed by atoms with Crippen LogP contribution < -0.4 is 0 Å². The normalized spacial score (nSPS) is 17.3. The lowest BCUT2D eigenvalue weighted by atomic mass is 10.1. The van der Waals surface area contributed by atoms with Crippen molar-refractivity contribution in [1.29, 1.82) is 0 Å². The summed E-state index contributed by atoms with van der Waals surface area (Å²) in [6.45, 7) is 9.00. The maximum atomic E-state index is 11.7. The molecule has 0 fully saturated rings. The standard InChI is InChI=1S/C21H29NO2Si/c1-25(2,3)15-9-5-8-13-22-14-12-21(23)16-20(22)18-24-17-19-10-6-4-7-11-19/h4,6-7,10-12,14,20H,8,13,15-18H2,1-3H3. The molecular formula is C21H29NO2Si. The van der Waals surface area contributed by atoms with Gasteiger partial charge in [0.25, 0.3) is 0 Å². The Kier molecular flexibility index (Phi) is 7.48. The number of hydrogen-bond acceptors (Lipinski definition) is 3. The monoisotopic (exact) mass is 355 g/mol. The fraction of sp³-hybridized carbons (Fsp3) is 0.476. The third-order valence-corrected chi connectivity index (χ3v) is 5.26. The zero-order valence-corrected chi connectivity index (χ0v) is 16.6. The lowest BCUT2D eigenvalue weighted by molar-refractivity contribution is -0.117. The molecule has 0 radical (unpaired) electrons. The predicted octanol–water partition coefficient (Wildman–Crippen LogP) is 4.09. The third kappa shape index (κ3) is 7.72. The summed E-state index contributed by atoms with van der Waals surface area (Å²) in [5.74, 6) is 6.78. The van der Waals surface area contributed by atoms with Crippen LogP contribution in [-0.4, -0.2) is 38.0 Å². The second kappa shape index (κ2) is 9.60. The molecule has 0 aromatic heterocycles. The minimum atomic E-state index is -1.09. The summed E-state index contributed by atoms with van der Waals surface area (Å²) in [5, 5.41) is 0. The molecule has 1 heterocycles. The van der Waals surface area contributed by atoms with E-state index in [1.807, 2.05) is 24.4 Å². The Morgan fingerprint density at radius 1 is 1.20 bits per heavy atom. The molecule has 1 aromatic carbocycles. The van der Waals surface area contributed by atoms with Crippen LogP contribution in [-0.2, 0) is 16.1 Å². The zero-order chi connectivity index (χ0) is 18.1. The lowest BCUT2D eigenvalue weighted by Gasteiger charge is -2.32. The number of allylic oxidation sites excluding steroid dienone is 1. The van der Waals surface area contributed by atoms with Gasteiger partial charge in [-0.1, -0.05) is 50.0 Å². The molecule has 1 aromatic rings. The number of benzene rings is 1. The van der Waals surface area contributed by atoms with Gasteiger partial charge in [-0.3, -0.25) is 4.79 Å². The topological polar surface area (TPSA) is 29.5 Å². The second-order valence-electron chi connectivity index (χ2n) is 7.72. The van der Waals surface area contributed by atoms with Crippen molar-refractivity contribution in [3.8, 4) is 11.8 Å². The van der Waals surface area contributed by atoms with Gasteiger partial charge in [0, 0.05) is 31.6 Å². The number of hydrogen-bond donors (Lipinski definition) is 0. The Morgan fingerprint density at radius 3 is 2.68 bits per heavy atom. The van der Waals surface area contributed by atoms with E-state index in [0.29, 0.717) is 19.6 Å². The molecule has 4 heteroatoms. The van der Waals surface area contributed by atoms with Crippen LogP contribution in [0.25, 0.3) is 0 Å². The molecule has 1 aliphatic heterocycles. The van der Waals surface area contributed by atoms with Gasteiger partial charge in [-0.05, 0) is 11.6 Å². The van der Waals surface area contributed by atoms with Crippen molar-refractivity contribution in [2.75, 3.05) is 13.2 Å². The summed E-state index contributed by atoms with van der Waals surface area (Å²) in [7, 11) is -1.09. The fourth-order valence-corrected chi connectivity index (χ4v) is 3.27. The molecule has 1 atom stereocenters. The summed E-state index contributed by atoms with van der Waals surface area (Å²) in [5.41, 5.74) is 1.16. The Labute approximate surface area is 153 Å². The maximum absolute atomic E-state index is 11.7. The van der Waals surface area contributed by atoms with Crippen LogP contribution in [0.4, 0.5) is 0 Å². The predicted molar refractivity (Wildman–Crippen MR) is 106 cm³/mol. The van der Waals surface area contributed by atoms with Gasteiger partial charge in [-0.2, -0.15) is 0 Å². The van der Waals surface area contributed by atoms with Crippen molar-refractivity contribution in [3.63, 3.8) is 0 Å². The van der Waals surface area contributed by atoms with Gasteiger partial charge in [0.2, 0.25) is 0 Å². The van der Waals surface area contributed by atoms with E-state index in [2.05, 4.69) is 48.5 Å². The average Bonchev–Trinajstić information content (AvgIpc) is 2.56. The zero-order valence-electron chi connectivity index (χ0n) is 15.6. The largest absolute Gasteiger partial charge is 0.375 e. The molecule has 134 valence electrons. The molecule has 0 aliphatic carbocycles. The highest BCUT2D eigenvalue weighted by Crippen LogP contribution is 2.14. The van der Waals surface area contributed by atoms with Crippen LogP contribution in [0.3, 0.4) is 0 Å². The first-order chi connectivity index (χ1) is 11.9. The number of nitrogens with zero attached hydrogens (tertiary/aromatic N) is 1. The first kappa shape index (κ1) is 19.5. The fourth-order valence-electron chi connectivity index (χ4n) is 2.62. The van der Waals surface area contributed by atoms with Crippen LogP contribution >= 0.6 is 0 Å². The second-order valence-corrected chi connectivity index (χ2v) is 13.2. The summed E-state index contributed by atoms with van der Waals surface area (Å²) in [6.07, 6.45) is 4.93. The molecule has 0 amide bonds. The Balaban J connectivity index is 1.80.